The van der Waals surface area contributed by atoms with E-state index in [0.717, 1.165) is 30.1 Å². The average molecular weight is 315 g/mol. The summed E-state index contributed by atoms with van der Waals surface area (Å²) in [6.07, 6.45) is 7.54. The molecule has 3 aromatic rings. The van der Waals surface area contributed by atoms with Crippen molar-refractivity contribution in [1.29, 1.82) is 0 Å². The van der Waals surface area contributed by atoms with Gasteiger partial charge in [-0.25, -0.2) is 9.97 Å². The number of hydrogen-bond acceptors (Lipinski definition) is 6. The number of hydrogen-bond donors (Lipinski definition) is 0. The van der Waals surface area contributed by atoms with Crippen molar-refractivity contribution in [1.82, 2.24) is 14.9 Å². The number of rotatable bonds is 4. The molecule has 0 amide bonds. The quantitative estimate of drug-likeness (QED) is 0.727. The number of aromatic nitrogens is 2. The maximum Gasteiger partial charge on any atom is 0.229 e. The van der Waals surface area contributed by atoms with Crippen molar-refractivity contribution >= 4 is 11.3 Å². The molecule has 114 valence electrons. The number of likely N-dealkylation sites (tertiary alicyclic amines) is 1. The van der Waals surface area contributed by atoms with Crippen LogP contribution in [0.4, 0.5) is 0 Å². The zero-order valence-electron chi connectivity index (χ0n) is 12.4. The molecule has 0 aromatic carbocycles. The van der Waals surface area contributed by atoms with Gasteiger partial charge >= 0.3 is 0 Å². The summed E-state index contributed by atoms with van der Waals surface area (Å²) < 4.78 is 10.9. The van der Waals surface area contributed by atoms with Gasteiger partial charge in [0.1, 0.15) is 17.0 Å². The zero-order valence-corrected chi connectivity index (χ0v) is 13.2. The van der Waals surface area contributed by atoms with Crippen LogP contribution in [0.2, 0.25) is 0 Å². The van der Waals surface area contributed by atoms with E-state index >= 15 is 0 Å². The minimum Gasteiger partial charge on any atom is -0.472 e. The molecule has 1 atom stereocenters. The van der Waals surface area contributed by atoms with Crippen LogP contribution in [-0.2, 0) is 6.54 Å². The van der Waals surface area contributed by atoms with Crippen molar-refractivity contribution in [3.05, 3.63) is 46.6 Å². The van der Waals surface area contributed by atoms with Crippen molar-refractivity contribution in [2.24, 2.45) is 0 Å². The second-order valence-corrected chi connectivity index (χ2v) is 6.46. The first kappa shape index (κ1) is 13.7. The summed E-state index contributed by atoms with van der Waals surface area (Å²) in [6.45, 7) is 3.86. The Morgan fingerprint density at radius 3 is 3.18 bits per heavy atom. The van der Waals surface area contributed by atoms with E-state index in [-0.39, 0.29) is 0 Å². The third-order valence-electron chi connectivity index (χ3n) is 4.11. The van der Waals surface area contributed by atoms with Gasteiger partial charge in [-0.1, -0.05) is 0 Å². The molecule has 1 fully saturated rings. The lowest BCUT2D eigenvalue weighted by molar-refractivity contribution is 0.244. The molecule has 3 aromatic heterocycles. The minimum absolute atomic E-state index is 0.411. The lowest BCUT2D eigenvalue weighted by atomic mass is 10.2. The molecule has 22 heavy (non-hydrogen) atoms. The van der Waals surface area contributed by atoms with E-state index in [1.165, 1.54) is 17.8 Å². The molecule has 4 heterocycles. The second kappa shape index (κ2) is 5.70. The fraction of sp³-hybridized carbons (Fsp3) is 0.375. The highest BCUT2D eigenvalue weighted by Crippen LogP contribution is 2.34. The predicted molar refractivity (Wildman–Crippen MR) is 83.4 cm³/mol. The van der Waals surface area contributed by atoms with Crippen LogP contribution >= 0.6 is 11.3 Å². The molecule has 0 radical (unpaired) electrons. The van der Waals surface area contributed by atoms with E-state index < -0.39 is 0 Å². The molecule has 0 unspecified atom stereocenters. The number of oxazole rings is 1. The Balaban J connectivity index is 1.56. The van der Waals surface area contributed by atoms with Gasteiger partial charge in [-0.2, -0.15) is 0 Å². The topological polar surface area (TPSA) is 55.3 Å². The fourth-order valence-electron chi connectivity index (χ4n) is 2.97. The van der Waals surface area contributed by atoms with Gasteiger partial charge in [0.15, 0.2) is 0 Å². The average Bonchev–Trinajstić information content (AvgIpc) is 3.27. The van der Waals surface area contributed by atoms with Crippen LogP contribution in [0.15, 0.2) is 39.0 Å². The number of thiazole rings is 1. The van der Waals surface area contributed by atoms with Gasteiger partial charge in [0.25, 0.3) is 0 Å². The summed E-state index contributed by atoms with van der Waals surface area (Å²) in [5.41, 5.74) is 1.88. The molecule has 0 aliphatic carbocycles. The number of nitrogens with zero attached hydrogens (tertiary/aromatic N) is 3. The van der Waals surface area contributed by atoms with Crippen LogP contribution in [0.5, 0.6) is 0 Å². The van der Waals surface area contributed by atoms with E-state index in [2.05, 4.69) is 14.9 Å². The Labute approximate surface area is 132 Å². The van der Waals surface area contributed by atoms with Crippen molar-refractivity contribution in [3.8, 4) is 11.5 Å². The van der Waals surface area contributed by atoms with E-state index in [4.69, 9.17) is 8.83 Å². The van der Waals surface area contributed by atoms with Gasteiger partial charge in [-0.15, -0.1) is 11.3 Å². The third kappa shape index (κ3) is 2.48. The van der Waals surface area contributed by atoms with E-state index in [0.29, 0.717) is 11.9 Å². The fourth-order valence-corrected chi connectivity index (χ4v) is 3.78. The summed E-state index contributed by atoms with van der Waals surface area (Å²) in [5, 5.41) is 3.25. The molecule has 0 spiro atoms. The molecule has 1 aliphatic rings. The van der Waals surface area contributed by atoms with Gasteiger partial charge in [0.05, 0.1) is 23.6 Å². The molecule has 0 N–H and O–H groups in total. The van der Waals surface area contributed by atoms with Crippen LogP contribution in [0.3, 0.4) is 0 Å². The lowest BCUT2D eigenvalue weighted by Gasteiger charge is -2.21. The number of aryl methyl sites for hydroxylation is 1. The van der Waals surface area contributed by atoms with Crippen molar-refractivity contribution < 1.29 is 8.83 Å². The van der Waals surface area contributed by atoms with Gasteiger partial charge in [-0.3, -0.25) is 4.90 Å². The minimum atomic E-state index is 0.411. The summed E-state index contributed by atoms with van der Waals surface area (Å²) >= 11 is 1.73. The Morgan fingerprint density at radius 2 is 2.41 bits per heavy atom. The van der Waals surface area contributed by atoms with Gasteiger partial charge in [0, 0.05) is 18.1 Å². The van der Waals surface area contributed by atoms with Crippen LogP contribution in [0.1, 0.15) is 35.3 Å². The molecule has 6 heteroatoms. The summed E-state index contributed by atoms with van der Waals surface area (Å²) in [5.74, 6) is 1.51. The van der Waals surface area contributed by atoms with E-state index in [9.17, 15) is 0 Å². The first-order valence-electron chi connectivity index (χ1n) is 7.43. The molecule has 0 bridgehead atoms. The zero-order chi connectivity index (χ0) is 14.9. The molecule has 5 nitrogen and oxygen atoms in total. The molecular formula is C16H17N3O2S. The Morgan fingerprint density at radius 1 is 1.45 bits per heavy atom. The first-order valence-corrected chi connectivity index (χ1v) is 8.31. The van der Waals surface area contributed by atoms with Crippen LogP contribution < -0.4 is 0 Å². The van der Waals surface area contributed by atoms with Crippen molar-refractivity contribution in [2.45, 2.75) is 32.4 Å². The highest BCUT2D eigenvalue weighted by Gasteiger charge is 2.29. The molecular weight excluding hydrogens is 298 g/mol. The van der Waals surface area contributed by atoms with E-state index in [1.54, 1.807) is 23.9 Å². The first-order chi connectivity index (χ1) is 10.8. The molecule has 4 rings (SSSR count). The smallest absolute Gasteiger partial charge is 0.229 e. The Bertz CT molecular complexity index is 734. The van der Waals surface area contributed by atoms with Gasteiger partial charge in [-0.05, 0) is 32.4 Å². The lowest BCUT2D eigenvalue weighted by Crippen LogP contribution is -2.23. The SMILES string of the molecule is Cc1oc(-c2ccoc2)nc1CN1CCC[C@H]1c1nccs1. The normalized spacial score (nSPS) is 19.0. The predicted octanol–water partition coefficient (Wildman–Crippen LogP) is 4.04. The van der Waals surface area contributed by atoms with Crippen molar-refractivity contribution in [3.63, 3.8) is 0 Å². The van der Waals surface area contributed by atoms with Crippen molar-refractivity contribution in [2.75, 3.05) is 6.54 Å². The third-order valence-corrected chi connectivity index (χ3v) is 4.99. The highest BCUT2D eigenvalue weighted by atomic mass is 32.1. The van der Waals surface area contributed by atoms with Crippen LogP contribution in [0.25, 0.3) is 11.5 Å². The number of furan rings is 1. The molecule has 1 saturated heterocycles. The summed E-state index contributed by atoms with van der Waals surface area (Å²) in [6, 6.07) is 2.27. The summed E-state index contributed by atoms with van der Waals surface area (Å²) in [7, 11) is 0. The van der Waals surface area contributed by atoms with E-state index in [1.807, 2.05) is 24.6 Å². The maximum atomic E-state index is 5.78. The highest BCUT2D eigenvalue weighted by molar-refractivity contribution is 7.09. The van der Waals surface area contributed by atoms with Gasteiger partial charge in [0.2, 0.25) is 5.89 Å². The molecule has 1 aliphatic heterocycles. The maximum absolute atomic E-state index is 5.78. The largest absolute Gasteiger partial charge is 0.472 e. The molecule has 0 saturated carbocycles. The summed E-state index contributed by atoms with van der Waals surface area (Å²) in [4.78, 5) is 11.6. The second-order valence-electron chi connectivity index (χ2n) is 5.53. The monoisotopic (exact) mass is 315 g/mol. The van der Waals surface area contributed by atoms with Crippen LogP contribution in [-0.4, -0.2) is 21.4 Å². The Kier molecular flexibility index (Phi) is 3.56. The standard InChI is InChI=1S/C16H17N3O2S/c1-11-13(18-15(21-11)12-4-7-20-10-12)9-19-6-2-3-14(19)16-17-5-8-22-16/h4-5,7-8,10,14H,2-3,6,9H2,1H3/t14-/m0/s1. The van der Waals surface area contributed by atoms with Crippen LogP contribution in [0, 0.1) is 6.92 Å². The van der Waals surface area contributed by atoms with Gasteiger partial charge < -0.3 is 8.83 Å². The Hall–Kier alpha value is -1.92.